The van der Waals surface area contributed by atoms with Crippen LogP contribution in [0.2, 0.25) is 0 Å². The molecule has 3 aromatic carbocycles. The number of carbonyl (C=O) groups excluding carboxylic acids is 1. The molecule has 0 saturated heterocycles. The highest BCUT2D eigenvalue weighted by Crippen LogP contribution is 2.23. The van der Waals surface area contributed by atoms with Gasteiger partial charge in [-0.05, 0) is 67.4 Å². The van der Waals surface area contributed by atoms with Crippen LogP contribution in [0.25, 0.3) is 10.9 Å². The molecule has 1 aromatic heterocycles. The molecule has 1 heterocycles. The lowest BCUT2D eigenvalue weighted by atomic mass is 10.1. The molecular formula is C24H21N3O3S. The van der Waals surface area contributed by atoms with Crippen LogP contribution in [-0.2, 0) is 10.0 Å². The van der Waals surface area contributed by atoms with Crippen molar-refractivity contribution in [3.63, 3.8) is 0 Å². The van der Waals surface area contributed by atoms with Crippen LogP contribution in [-0.4, -0.2) is 19.3 Å². The lowest BCUT2D eigenvalue weighted by Gasteiger charge is -2.12. The Morgan fingerprint density at radius 2 is 1.58 bits per heavy atom. The van der Waals surface area contributed by atoms with E-state index in [0.717, 1.165) is 16.5 Å². The molecule has 0 unspecified atom stereocenters. The number of aromatic nitrogens is 1. The SMILES string of the molecule is Cc1ccc(S(=O)(=O)Nc2cccc(NC(=O)c3cccc4cccnc34)c2)cc1C. The number of aryl methyl sites for hydroxylation is 2. The molecule has 0 saturated carbocycles. The standard InChI is InChI=1S/C24H21N3O3S/c1-16-11-12-21(14-17(16)2)31(29,30)27-20-9-4-8-19(15-20)26-24(28)22-10-3-6-18-7-5-13-25-23(18)22/h3-15,27H,1-2H3,(H,26,28). The maximum Gasteiger partial charge on any atom is 0.261 e. The molecule has 0 bridgehead atoms. The third-order valence-electron chi connectivity index (χ3n) is 5.04. The summed E-state index contributed by atoms with van der Waals surface area (Å²) in [5.74, 6) is -0.321. The van der Waals surface area contributed by atoms with E-state index in [1.807, 2.05) is 32.0 Å². The topological polar surface area (TPSA) is 88.2 Å². The van der Waals surface area contributed by atoms with E-state index in [-0.39, 0.29) is 10.8 Å². The number of para-hydroxylation sites is 1. The van der Waals surface area contributed by atoms with Crippen LogP contribution in [0.4, 0.5) is 11.4 Å². The minimum absolute atomic E-state index is 0.187. The molecule has 0 fully saturated rings. The van der Waals surface area contributed by atoms with Crippen molar-refractivity contribution in [1.82, 2.24) is 4.98 Å². The van der Waals surface area contributed by atoms with Gasteiger partial charge in [0.1, 0.15) is 0 Å². The van der Waals surface area contributed by atoms with Crippen molar-refractivity contribution in [1.29, 1.82) is 0 Å². The summed E-state index contributed by atoms with van der Waals surface area (Å²) in [6, 6.07) is 20.7. The average Bonchev–Trinajstić information content (AvgIpc) is 2.75. The fourth-order valence-electron chi connectivity index (χ4n) is 3.24. The lowest BCUT2D eigenvalue weighted by molar-refractivity contribution is 0.102. The number of rotatable bonds is 5. The number of amides is 1. The summed E-state index contributed by atoms with van der Waals surface area (Å²) < 4.78 is 28.1. The summed E-state index contributed by atoms with van der Waals surface area (Å²) in [7, 11) is -3.75. The number of pyridine rings is 1. The molecule has 0 aliphatic carbocycles. The summed E-state index contributed by atoms with van der Waals surface area (Å²) >= 11 is 0. The van der Waals surface area contributed by atoms with Crippen LogP contribution < -0.4 is 10.0 Å². The Kier molecular flexibility index (Phi) is 5.44. The number of carbonyl (C=O) groups is 1. The van der Waals surface area contributed by atoms with Gasteiger partial charge in [0, 0.05) is 17.3 Å². The fourth-order valence-corrected chi connectivity index (χ4v) is 4.38. The van der Waals surface area contributed by atoms with Gasteiger partial charge < -0.3 is 5.32 Å². The fraction of sp³-hybridized carbons (Fsp3) is 0.0833. The Balaban J connectivity index is 1.57. The largest absolute Gasteiger partial charge is 0.322 e. The van der Waals surface area contributed by atoms with Gasteiger partial charge in [0.05, 0.1) is 21.7 Å². The zero-order chi connectivity index (χ0) is 22.0. The summed E-state index contributed by atoms with van der Waals surface area (Å²) in [5, 5.41) is 3.68. The molecule has 0 aliphatic heterocycles. The minimum Gasteiger partial charge on any atom is -0.322 e. The molecule has 4 rings (SSSR count). The van der Waals surface area contributed by atoms with Crippen molar-refractivity contribution in [3.8, 4) is 0 Å². The van der Waals surface area contributed by atoms with Gasteiger partial charge >= 0.3 is 0 Å². The highest BCUT2D eigenvalue weighted by atomic mass is 32.2. The quantitative estimate of drug-likeness (QED) is 0.470. The second-order valence-electron chi connectivity index (χ2n) is 7.27. The Bertz CT molecular complexity index is 1390. The van der Waals surface area contributed by atoms with E-state index in [1.165, 1.54) is 0 Å². The van der Waals surface area contributed by atoms with Crippen LogP contribution in [0.15, 0.2) is 83.9 Å². The van der Waals surface area contributed by atoms with E-state index in [1.54, 1.807) is 60.8 Å². The maximum absolute atomic E-state index is 12.8. The zero-order valence-electron chi connectivity index (χ0n) is 17.1. The smallest absolute Gasteiger partial charge is 0.261 e. The summed E-state index contributed by atoms with van der Waals surface area (Å²) in [6.45, 7) is 3.80. The first kappa shape index (κ1) is 20.6. The van der Waals surface area contributed by atoms with Crippen molar-refractivity contribution in [2.45, 2.75) is 18.7 Å². The second-order valence-corrected chi connectivity index (χ2v) is 8.95. The Morgan fingerprint density at radius 3 is 2.39 bits per heavy atom. The van der Waals surface area contributed by atoms with Gasteiger partial charge in [0.25, 0.3) is 15.9 Å². The van der Waals surface area contributed by atoms with Crippen molar-refractivity contribution in [2.75, 3.05) is 10.0 Å². The number of anilines is 2. The molecule has 6 nitrogen and oxygen atoms in total. The summed E-state index contributed by atoms with van der Waals surface area (Å²) in [4.78, 5) is 17.3. The minimum atomic E-state index is -3.75. The molecule has 0 atom stereocenters. The average molecular weight is 432 g/mol. The van der Waals surface area contributed by atoms with Gasteiger partial charge in [-0.3, -0.25) is 14.5 Å². The van der Waals surface area contributed by atoms with E-state index in [9.17, 15) is 13.2 Å². The van der Waals surface area contributed by atoms with Crippen molar-refractivity contribution in [2.24, 2.45) is 0 Å². The number of benzene rings is 3. The van der Waals surface area contributed by atoms with E-state index in [2.05, 4.69) is 15.0 Å². The van der Waals surface area contributed by atoms with Gasteiger partial charge in [-0.15, -0.1) is 0 Å². The monoisotopic (exact) mass is 431 g/mol. The van der Waals surface area contributed by atoms with Crippen LogP contribution in [0.5, 0.6) is 0 Å². The number of hydrogen-bond acceptors (Lipinski definition) is 4. The molecule has 1 amide bonds. The first-order valence-electron chi connectivity index (χ1n) is 9.69. The molecule has 4 aromatic rings. The number of sulfonamides is 1. The van der Waals surface area contributed by atoms with E-state index < -0.39 is 10.0 Å². The molecule has 0 aliphatic rings. The normalized spacial score (nSPS) is 11.3. The molecule has 156 valence electrons. The third-order valence-corrected chi connectivity index (χ3v) is 6.42. The second kappa shape index (κ2) is 8.20. The highest BCUT2D eigenvalue weighted by Gasteiger charge is 2.16. The summed E-state index contributed by atoms with van der Waals surface area (Å²) in [5.41, 5.74) is 3.79. The van der Waals surface area contributed by atoms with Crippen LogP contribution in [0.3, 0.4) is 0 Å². The van der Waals surface area contributed by atoms with Gasteiger partial charge in [0.2, 0.25) is 0 Å². The van der Waals surface area contributed by atoms with Gasteiger partial charge in [-0.2, -0.15) is 0 Å². The molecule has 31 heavy (non-hydrogen) atoms. The zero-order valence-corrected chi connectivity index (χ0v) is 17.9. The number of nitrogens with zero attached hydrogens (tertiary/aromatic N) is 1. The number of nitrogens with one attached hydrogen (secondary N) is 2. The Labute approximate surface area is 181 Å². The van der Waals surface area contributed by atoms with Crippen LogP contribution in [0.1, 0.15) is 21.5 Å². The first-order chi connectivity index (χ1) is 14.8. The first-order valence-corrected chi connectivity index (χ1v) is 11.2. The predicted molar refractivity (Wildman–Crippen MR) is 123 cm³/mol. The van der Waals surface area contributed by atoms with E-state index in [0.29, 0.717) is 22.5 Å². The molecule has 0 spiro atoms. The van der Waals surface area contributed by atoms with E-state index in [4.69, 9.17) is 0 Å². The summed E-state index contributed by atoms with van der Waals surface area (Å²) in [6.07, 6.45) is 1.64. The molecule has 2 N–H and O–H groups in total. The molecule has 0 radical (unpaired) electrons. The number of fused-ring (bicyclic) bond motifs is 1. The van der Waals surface area contributed by atoms with Crippen molar-refractivity contribution in [3.05, 3.63) is 95.7 Å². The van der Waals surface area contributed by atoms with Crippen molar-refractivity contribution >= 4 is 38.2 Å². The van der Waals surface area contributed by atoms with Gasteiger partial charge in [-0.25, -0.2) is 8.42 Å². The molecule has 7 heteroatoms. The Hall–Kier alpha value is -3.71. The maximum atomic E-state index is 12.8. The highest BCUT2D eigenvalue weighted by molar-refractivity contribution is 7.92. The Morgan fingerprint density at radius 1 is 0.839 bits per heavy atom. The predicted octanol–water partition coefficient (Wildman–Crippen LogP) is 4.90. The third kappa shape index (κ3) is 4.41. The lowest BCUT2D eigenvalue weighted by Crippen LogP contribution is -2.15. The van der Waals surface area contributed by atoms with Crippen LogP contribution >= 0.6 is 0 Å². The van der Waals surface area contributed by atoms with Gasteiger partial charge in [0.15, 0.2) is 0 Å². The number of hydrogen-bond donors (Lipinski definition) is 2. The van der Waals surface area contributed by atoms with Crippen molar-refractivity contribution < 1.29 is 13.2 Å². The molecular weight excluding hydrogens is 410 g/mol. The van der Waals surface area contributed by atoms with Gasteiger partial charge in [-0.1, -0.05) is 30.3 Å². The van der Waals surface area contributed by atoms with E-state index >= 15 is 0 Å². The van der Waals surface area contributed by atoms with Crippen LogP contribution in [0, 0.1) is 13.8 Å².